The van der Waals surface area contributed by atoms with E-state index in [1.165, 1.54) is 6.92 Å². The van der Waals surface area contributed by atoms with Crippen LogP contribution in [0.15, 0.2) is 59.1 Å². The predicted molar refractivity (Wildman–Crippen MR) is 134 cm³/mol. The maximum atomic E-state index is 15.5. The lowest BCUT2D eigenvalue weighted by molar-refractivity contribution is -0.348. The second-order valence-corrected chi connectivity index (χ2v) is 9.37. The molecule has 0 radical (unpaired) electrons. The van der Waals surface area contributed by atoms with Gasteiger partial charge in [0.05, 0.1) is 16.9 Å². The topological polar surface area (TPSA) is 58.6 Å². The monoisotopic (exact) mass is 692 g/mol. The van der Waals surface area contributed by atoms with E-state index < -0.39 is 80.8 Å². The van der Waals surface area contributed by atoms with E-state index in [2.05, 4.69) is 20.7 Å². The van der Waals surface area contributed by atoms with Crippen molar-refractivity contribution >= 4 is 39.1 Å². The van der Waals surface area contributed by atoms with E-state index in [1.54, 1.807) is 0 Å². The molecule has 0 saturated carbocycles. The molecule has 2 amide bonds. The Kier molecular flexibility index (Phi) is 9.68. The number of halogens is 12. The van der Waals surface area contributed by atoms with Gasteiger partial charge < -0.3 is 15.0 Å². The summed E-state index contributed by atoms with van der Waals surface area (Å²) in [5.41, 5.74) is -10.6. The minimum Gasteiger partial charge on any atom is -0.433 e. The van der Waals surface area contributed by atoms with Crippen LogP contribution >= 0.6 is 15.9 Å². The molecule has 0 aromatic heterocycles. The van der Waals surface area contributed by atoms with E-state index in [-0.39, 0.29) is 24.2 Å². The van der Waals surface area contributed by atoms with E-state index in [0.29, 0.717) is 0 Å². The summed E-state index contributed by atoms with van der Waals surface area (Å²) in [4.78, 5) is 26.7. The fourth-order valence-electron chi connectivity index (χ4n) is 3.83. The Balaban J connectivity index is 2.07. The molecule has 5 nitrogen and oxygen atoms in total. The average molecular weight is 693 g/mol. The van der Waals surface area contributed by atoms with Crippen LogP contribution in [0.25, 0.3) is 0 Å². The van der Waals surface area contributed by atoms with Crippen molar-refractivity contribution in [2.24, 2.45) is 0 Å². The number of nitrogens with zero attached hydrogens (tertiary/aromatic N) is 1. The van der Waals surface area contributed by atoms with Crippen molar-refractivity contribution in [1.82, 2.24) is 0 Å². The minimum absolute atomic E-state index is 0.0584. The summed E-state index contributed by atoms with van der Waals surface area (Å²) in [7, 11) is 0. The Morgan fingerprint density at radius 3 is 2.02 bits per heavy atom. The molecule has 1 N–H and O–H groups in total. The SMILES string of the molecule is CCN(C(=O)c1ccc(F)cc1)c1cccc(C(=O)Nc2c(Br)cc(C(F)(C(F)(F)F)C(F)(F)F)cc2OC(F)F)c1F. The van der Waals surface area contributed by atoms with Gasteiger partial charge in [0, 0.05) is 22.1 Å². The second kappa shape index (κ2) is 12.4. The van der Waals surface area contributed by atoms with Gasteiger partial charge in [0.15, 0.2) is 11.6 Å². The van der Waals surface area contributed by atoms with Gasteiger partial charge in [-0.25, -0.2) is 13.2 Å². The van der Waals surface area contributed by atoms with Crippen LogP contribution < -0.4 is 15.0 Å². The fourth-order valence-corrected chi connectivity index (χ4v) is 4.38. The molecule has 3 rings (SSSR count). The van der Waals surface area contributed by atoms with Gasteiger partial charge in [-0.3, -0.25) is 9.59 Å². The lowest BCUT2D eigenvalue weighted by atomic mass is 9.93. The first-order chi connectivity index (χ1) is 19.8. The number of rotatable bonds is 8. The summed E-state index contributed by atoms with van der Waals surface area (Å²) in [5, 5.41) is 1.83. The molecule has 0 atom stereocenters. The first kappa shape index (κ1) is 33.6. The normalized spacial score (nSPS) is 12.3. The van der Waals surface area contributed by atoms with Crippen molar-refractivity contribution < 1.29 is 62.6 Å². The third-order valence-electron chi connectivity index (χ3n) is 5.85. The van der Waals surface area contributed by atoms with Crippen LogP contribution in [0.2, 0.25) is 0 Å². The smallest absolute Gasteiger partial charge is 0.433 e. The molecule has 0 fully saturated rings. The number of ether oxygens (including phenoxy) is 1. The summed E-state index contributed by atoms with van der Waals surface area (Å²) < 4.78 is 152. The van der Waals surface area contributed by atoms with Crippen molar-refractivity contribution in [2.75, 3.05) is 16.8 Å². The number of amides is 2. The third kappa shape index (κ3) is 6.70. The highest BCUT2D eigenvalue weighted by molar-refractivity contribution is 9.10. The molecule has 0 bridgehead atoms. The molecule has 0 heterocycles. The van der Waals surface area contributed by atoms with Gasteiger partial charge in [-0.2, -0.15) is 35.1 Å². The van der Waals surface area contributed by atoms with E-state index in [0.717, 1.165) is 47.4 Å². The second-order valence-electron chi connectivity index (χ2n) is 8.51. The molecule has 0 aliphatic carbocycles. The van der Waals surface area contributed by atoms with Gasteiger partial charge in [-0.05, 0) is 71.4 Å². The molecular weight excluding hydrogens is 677 g/mol. The fraction of sp³-hybridized carbons (Fsp3) is 0.231. The molecule has 0 saturated heterocycles. The van der Waals surface area contributed by atoms with Crippen molar-refractivity contribution in [2.45, 2.75) is 31.6 Å². The first-order valence-corrected chi connectivity index (χ1v) is 12.4. The van der Waals surface area contributed by atoms with Gasteiger partial charge in [-0.15, -0.1) is 0 Å². The molecule has 43 heavy (non-hydrogen) atoms. The maximum Gasteiger partial charge on any atom is 0.435 e. The number of benzene rings is 3. The van der Waals surface area contributed by atoms with Crippen LogP contribution in [-0.2, 0) is 5.67 Å². The number of hydrogen-bond donors (Lipinski definition) is 1. The van der Waals surface area contributed by atoms with Gasteiger partial charge in [0.2, 0.25) is 0 Å². The third-order valence-corrected chi connectivity index (χ3v) is 6.48. The van der Waals surface area contributed by atoms with Gasteiger partial charge in [0.1, 0.15) is 5.82 Å². The van der Waals surface area contributed by atoms with Crippen LogP contribution in [0, 0.1) is 11.6 Å². The van der Waals surface area contributed by atoms with Crippen molar-refractivity contribution in [1.29, 1.82) is 0 Å². The van der Waals surface area contributed by atoms with Crippen molar-refractivity contribution in [3.05, 3.63) is 87.4 Å². The van der Waals surface area contributed by atoms with Crippen LogP contribution in [0.1, 0.15) is 33.2 Å². The number of hydrogen-bond acceptors (Lipinski definition) is 3. The maximum absolute atomic E-state index is 15.5. The molecule has 0 unspecified atom stereocenters. The summed E-state index contributed by atoms with van der Waals surface area (Å²) in [6.07, 6.45) is -13.2. The summed E-state index contributed by atoms with van der Waals surface area (Å²) >= 11 is 2.52. The Morgan fingerprint density at radius 1 is 0.930 bits per heavy atom. The molecule has 3 aromatic carbocycles. The Hall–Kier alpha value is -3.89. The zero-order chi connectivity index (χ0) is 32.5. The number of carbonyl (C=O) groups is 2. The summed E-state index contributed by atoms with van der Waals surface area (Å²) in [5.74, 6) is -5.82. The van der Waals surface area contributed by atoms with E-state index in [9.17, 15) is 53.5 Å². The highest BCUT2D eigenvalue weighted by atomic mass is 79.9. The van der Waals surface area contributed by atoms with Gasteiger partial charge in [0.25, 0.3) is 11.8 Å². The Bertz CT molecular complexity index is 1500. The molecule has 0 aliphatic heterocycles. The molecule has 3 aromatic rings. The van der Waals surface area contributed by atoms with Crippen LogP contribution in [0.4, 0.5) is 59.7 Å². The molecular formula is C26H16BrF11N2O3. The first-order valence-electron chi connectivity index (χ1n) is 11.6. The minimum atomic E-state index is -6.60. The van der Waals surface area contributed by atoms with E-state index in [4.69, 9.17) is 0 Å². The largest absolute Gasteiger partial charge is 0.435 e. The van der Waals surface area contributed by atoms with E-state index >= 15 is 4.39 Å². The van der Waals surface area contributed by atoms with Crippen molar-refractivity contribution in [3.8, 4) is 5.75 Å². The lowest BCUT2D eigenvalue weighted by Gasteiger charge is -2.31. The Morgan fingerprint density at radius 2 is 1.51 bits per heavy atom. The number of nitrogens with one attached hydrogen (secondary N) is 1. The lowest BCUT2D eigenvalue weighted by Crippen LogP contribution is -2.50. The molecule has 0 aliphatic rings. The zero-order valence-corrected chi connectivity index (χ0v) is 22.8. The Labute approximate surface area is 243 Å². The quantitative estimate of drug-likeness (QED) is 0.241. The molecule has 232 valence electrons. The summed E-state index contributed by atoms with van der Waals surface area (Å²) in [6, 6.07) is 6.83. The van der Waals surface area contributed by atoms with E-state index in [1.807, 2.05) is 5.32 Å². The van der Waals surface area contributed by atoms with Crippen molar-refractivity contribution in [3.63, 3.8) is 0 Å². The zero-order valence-electron chi connectivity index (χ0n) is 21.2. The highest BCUT2D eigenvalue weighted by Crippen LogP contribution is 2.55. The average Bonchev–Trinajstić information content (AvgIpc) is 2.89. The predicted octanol–water partition coefficient (Wildman–Crippen LogP) is 8.54. The van der Waals surface area contributed by atoms with Gasteiger partial charge in [-0.1, -0.05) is 6.07 Å². The summed E-state index contributed by atoms with van der Waals surface area (Å²) in [6.45, 7) is -2.60. The molecule has 0 spiro atoms. The van der Waals surface area contributed by atoms with Crippen LogP contribution in [0.3, 0.4) is 0 Å². The number of anilines is 2. The number of alkyl halides is 9. The number of carbonyl (C=O) groups excluding carboxylic acids is 2. The molecule has 17 heteroatoms. The van der Waals surface area contributed by atoms with Crippen LogP contribution in [0.5, 0.6) is 5.75 Å². The highest BCUT2D eigenvalue weighted by Gasteiger charge is 2.73. The van der Waals surface area contributed by atoms with Crippen LogP contribution in [-0.4, -0.2) is 37.3 Å². The van der Waals surface area contributed by atoms with Gasteiger partial charge >= 0.3 is 24.6 Å². The standard InChI is InChI=1S/C26H16BrF11N2O3/c1-2-40(22(42)12-6-8-14(28)9-7-12)17-5-3-4-15(19(17)29)21(41)39-20-16(27)10-13(11-18(20)43-23(30)31)24(32,25(33,34)35)26(36,37)38/h3-11,23H,2H2,1H3,(H,39,41).